The highest BCUT2D eigenvalue weighted by atomic mass is 19.4. The van der Waals surface area contributed by atoms with Crippen LogP contribution in [0.3, 0.4) is 0 Å². The van der Waals surface area contributed by atoms with Crippen molar-refractivity contribution in [3.63, 3.8) is 0 Å². The molecule has 1 unspecified atom stereocenters. The van der Waals surface area contributed by atoms with Gasteiger partial charge in [0.25, 0.3) is 0 Å². The van der Waals surface area contributed by atoms with Crippen LogP contribution in [0.5, 0.6) is 0 Å². The topological polar surface area (TPSA) is 74.3 Å². The Morgan fingerprint density at radius 2 is 2.00 bits per heavy atom. The number of pyridine rings is 1. The lowest BCUT2D eigenvalue weighted by molar-refractivity contribution is -0.141. The summed E-state index contributed by atoms with van der Waals surface area (Å²) in [5, 5.41) is 5.43. The number of alkyl halides is 3. The molecule has 2 N–H and O–H groups in total. The summed E-state index contributed by atoms with van der Waals surface area (Å²) in [4.78, 5) is 28.7. The van der Waals surface area contributed by atoms with E-state index in [1.165, 1.54) is 12.3 Å². The van der Waals surface area contributed by atoms with Crippen LogP contribution in [-0.2, 0) is 17.4 Å². The van der Waals surface area contributed by atoms with Crippen LogP contribution >= 0.6 is 0 Å². The molecule has 3 heterocycles. The molecule has 1 atom stereocenters. The van der Waals surface area contributed by atoms with Crippen LogP contribution in [0.1, 0.15) is 36.9 Å². The number of rotatable bonds is 5. The fourth-order valence-corrected chi connectivity index (χ4v) is 3.57. The summed E-state index contributed by atoms with van der Waals surface area (Å²) in [5.41, 5.74) is -0.0856. The maximum absolute atomic E-state index is 12.6. The van der Waals surface area contributed by atoms with Crippen molar-refractivity contribution < 1.29 is 22.8 Å². The third-order valence-corrected chi connectivity index (χ3v) is 5.16. The van der Waals surface area contributed by atoms with Gasteiger partial charge in [-0.2, -0.15) is 13.2 Å². The van der Waals surface area contributed by atoms with Crippen molar-refractivity contribution >= 4 is 11.9 Å². The molecule has 1 aromatic heterocycles. The molecule has 27 heavy (non-hydrogen) atoms. The maximum Gasteiger partial charge on any atom is 0.433 e. The molecule has 2 fully saturated rings. The molecule has 0 bridgehead atoms. The van der Waals surface area contributed by atoms with E-state index in [2.05, 4.69) is 15.6 Å². The second-order valence-corrected chi connectivity index (χ2v) is 7.17. The van der Waals surface area contributed by atoms with Gasteiger partial charge in [0.1, 0.15) is 5.69 Å². The number of aromatic nitrogens is 1. The SMILES string of the molecule is O=C1NCC(CCC(=O)N2CCC(Cc3ccc(C(F)(F)F)nc3)CC2)N1. The second-order valence-electron chi connectivity index (χ2n) is 7.17. The van der Waals surface area contributed by atoms with Crippen LogP contribution in [0.4, 0.5) is 18.0 Å². The molecule has 2 aliphatic heterocycles. The van der Waals surface area contributed by atoms with E-state index in [-0.39, 0.29) is 18.0 Å². The normalized spacial score (nSPS) is 21.1. The number of urea groups is 1. The molecule has 0 radical (unpaired) electrons. The zero-order valence-corrected chi connectivity index (χ0v) is 14.9. The van der Waals surface area contributed by atoms with E-state index in [1.54, 1.807) is 0 Å². The number of hydrogen-bond donors (Lipinski definition) is 2. The van der Waals surface area contributed by atoms with Gasteiger partial charge in [-0.3, -0.25) is 9.78 Å². The molecule has 0 saturated carbocycles. The summed E-state index contributed by atoms with van der Waals surface area (Å²) < 4.78 is 37.7. The molecule has 2 saturated heterocycles. The summed E-state index contributed by atoms with van der Waals surface area (Å²) in [6.45, 7) is 1.87. The molecule has 0 spiro atoms. The minimum absolute atomic E-state index is 0.00570. The molecule has 9 heteroatoms. The van der Waals surface area contributed by atoms with Gasteiger partial charge in [0, 0.05) is 38.3 Å². The maximum atomic E-state index is 12.6. The average molecular weight is 384 g/mol. The summed E-state index contributed by atoms with van der Waals surface area (Å²) >= 11 is 0. The highest BCUT2D eigenvalue weighted by molar-refractivity contribution is 5.78. The van der Waals surface area contributed by atoms with Gasteiger partial charge in [-0.05, 0) is 43.2 Å². The predicted molar refractivity (Wildman–Crippen MR) is 91.8 cm³/mol. The lowest BCUT2D eigenvalue weighted by atomic mass is 9.90. The van der Waals surface area contributed by atoms with Gasteiger partial charge in [0.05, 0.1) is 0 Å². The van der Waals surface area contributed by atoms with Crippen LogP contribution < -0.4 is 10.6 Å². The Labute approximate surface area is 155 Å². The van der Waals surface area contributed by atoms with Gasteiger partial charge in [-0.1, -0.05) is 6.07 Å². The van der Waals surface area contributed by atoms with Crippen molar-refractivity contribution in [3.8, 4) is 0 Å². The van der Waals surface area contributed by atoms with Gasteiger partial charge in [-0.15, -0.1) is 0 Å². The summed E-state index contributed by atoms with van der Waals surface area (Å²) in [5.74, 6) is 0.428. The van der Waals surface area contributed by atoms with E-state index in [0.717, 1.165) is 24.5 Å². The molecule has 2 aliphatic rings. The smallest absolute Gasteiger partial charge is 0.343 e. The van der Waals surface area contributed by atoms with Crippen LogP contribution in [-0.4, -0.2) is 47.5 Å². The highest BCUT2D eigenvalue weighted by Crippen LogP contribution is 2.28. The van der Waals surface area contributed by atoms with Crippen molar-refractivity contribution in [2.75, 3.05) is 19.6 Å². The molecule has 6 nitrogen and oxygen atoms in total. The van der Waals surface area contributed by atoms with Crippen LogP contribution in [0.25, 0.3) is 0 Å². The Morgan fingerprint density at radius 3 is 2.56 bits per heavy atom. The number of hydrogen-bond acceptors (Lipinski definition) is 3. The van der Waals surface area contributed by atoms with E-state index in [9.17, 15) is 22.8 Å². The Bertz CT molecular complexity index is 670. The summed E-state index contributed by atoms with van der Waals surface area (Å²) in [6.07, 6.45) is 0.233. The number of amides is 3. The van der Waals surface area contributed by atoms with Crippen LogP contribution in [0.2, 0.25) is 0 Å². The molecule has 148 valence electrons. The first-order valence-electron chi connectivity index (χ1n) is 9.15. The van der Waals surface area contributed by atoms with Gasteiger partial charge in [-0.25, -0.2) is 4.79 Å². The lowest BCUT2D eigenvalue weighted by Crippen LogP contribution is -2.39. The number of piperidine rings is 1. The van der Waals surface area contributed by atoms with Crippen LogP contribution in [0.15, 0.2) is 18.3 Å². The third kappa shape index (κ3) is 5.33. The zero-order valence-electron chi connectivity index (χ0n) is 14.9. The van der Waals surface area contributed by atoms with E-state index in [0.29, 0.717) is 44.8 Å². The standard InChI is InChI=1S/C18H23F3N4O2/c19-18(20,21)15-3-1-13(10-22-15)9-12-5-7-25(8-6-12)16(26)4-2-14-11-23-17(27)24-14/h1,3,10,12,14H,2,4-9,11H2,(H2,23,24,27). The van der Waals surface area contributed by atoms with E-state index in [1.807, 2.05) is 4.90 Å². The number of likely N-dealkylation sites (tertiary alicyclic amines) is 1. The number of carbonyl (C=O) groups is 2. The Hall–Kier alpha value is -2.32. The molecule has 1 aromatic rings. The molecule has 3 rings (SSSR count). The lowest BCUT2D eigenvalue weighted by Gasteiger charge is -2.32. The number of nitrogens with zero attached hydrogens (tertiary/aromatic N) is 2. The summed E-state index contributed by atoms with van der Waals surface area (Å²) in [6, 6.07) is 2.32. The summed E-state index contributed by atoms with van der Waals surface area (Å²) in [7, 11) is 0. The second kappa shape index (κ2) is 8.14. The number of halogens is 3. The quantitative estimate of drug-likeness (QED) is 0.818. The van der Waals surface area contributed by atoms with Crippen molar-refractivity contribution in [3.05, 3.63) is 29.6 Å². The molecule has 3 amide bonds. The molecular formula is C18H23F3N4O2. The fourth-order valence-electron chi connectivity index (χ4n) is 3.57. The molecule has 0 aliphatic carbocycles. The average Bonchev–Trinajstić information content (AvgIpc) is 3.05. The van der Waals surface area contributed by atoms with Crippen molar-refractivity contribution in [1.29, 1.82) is 0 Å². The highest BCUT2D eigenvalue weighted by Gasteiger charge is 2.32. The van der Waals surface area contributed by atoms with Gasteiger partial charge < -0.3 is 15.5 Å². The Balaban J connectivity index is 1.40. The minimum atomic E-state index is -4.42. The monoisotopic (exact) mass is 384 g/mol. The first kappa shape index (κ1) is 19.4. The Morgan fingerprint density at radius 1 is 1.26 bits per heavy atom. The van der Waals surface area contributed by atoms with Gasteiger partial charge in [0.2, 0.25) is 5.91 Å². The van der Waals surface area contributed by atoms with Gasteiger partial charge in [0.15, 0.2) is 0 Å². The predicted octanol–water partition coefficient (Wildman–Crippen LogP) is 2.34. The van der Waals surface area contributed by atoms with Crippen molar-refractivity contribution in [2.24, 2.45) is 5.92 Å². The minimum Gasteiger partial charge on any atom is -0.343 e. The Kier molecular flexibility index (Phi) is 5.86. The first-order chi connectivity index (χ1) is 12.8. The van der Waals surface area contributed by atoms with Crippen LogP contribution in [0, 0.1) is 5.92 Å². The first-order valence-corrected chi connectivity index (χ1v) is 9.15. The van der Waals surface area contributed by atoms with Gasteiger partial charge >= 0.3 is 12.2 Å². The number of nitrogens with one attached hydrogen (secondary N) is 2. The van der Waals surface area contributed by atoms with Crippen molar-refractivity contribution in [1.82, 2.24) is 20.5 Å². The molecular weight excluding hydrogens is 361 g/mol. The van der Waals surface area contributed by atoms with Crippen molar-refractivity contribution in [2.45, 2.75) is 44.3 Å². The zero-order chi connectivity index (χ0) is 19.4. The largest absolute Gasteiger partial charge is 0.433 e. The van der Waals surface area contributed by atoms with E-state index < -0.39 is 11.9 Å². The fraction of sp³-hybridized carbons (Fsp3) is 0.611. The van der Waals surface area contributed by atoms with E-state index >= 15 is 0 Å². The number of carbonyl (C=O) groups excluding carboxylic acids is 2. The van der Waals surface area contributed by atoms with E-state index in [4.69, 9.17) is 0 Å². The molecule has 0 aromatic carbocycles. The third-order valence-electron chi connectivity index (χ3n) is 5.16.